The summed E-state index contributed by atoms with van der Waals surface area (Å²) in [7, 11) is 0. The quantitative estimate of drug-likeness (QED) is 0.582. The highest BCUT2D eigenvalue weighted by Gasteiger charge is 2.19. The lowest BCUT2D eigenvalue weighted by atomic mass is 10.1. The number of anilines is 1. The van der Waals surface area contributed by atoms with Gasteiger partial charge in [0.2, 0.25) is 0 Å². The first-order chi connectivity index (χ1) is 7.35. The Balaban J connectivity index is 2.70. The van der Waals surface area contributed by atoms with Crippen LogP contribution in [0.5, 0.6) is 0 Å². The predicted octanol–water partition coefficient (Wildman–Crippen LogP) is 0.0550. The number of amides is 1. The molecule has 6 nitrogen and oxygen atoms in total. The number of nitrogens with one attached hydrogen (secondary N) is 2. The summed E-state index contributed by atoms with van der Waals surface area (Å²) in [4.78, 5) is 11.7. The standard InChI is InChI=1S/C10H18N4O2/c1-4-6-7(11)8(14-13-6)9(15)12-5-10(2,3)16/h16H,4-5,11H2,1-3H3,(H,12,15)(H,13,14). The second kappa shape index (κ2) is 4.52. The van der Waals surface area contributed by atoms with Crippen molar-refractivity contribution >= 4 is 11.6 Å². The van der Waals surface area contributed by atoms with Gasteiger partial charge in [-0.05, 0) is 20.3 Å². The molecule has 0 unspecified atom stereocenters. The summed E-state index contributed by atoms with van der Waals surface area (Å²) in [5, 5.41) is 18.6. The van der Waals surface area contributed by atoms with Crippen LogP contribution in [-0.4, -0.2) is 33.4 Å². The molecule has 0 saturated carbocycles. The van der Waals surface area contributed by atoms with E-state index in [1.165, 1.54) is 0 Å². The maximum Gasteiger partial charge on any atom is 0.274 e. The van der Waals surface area contributed by atoms with Gasteiger partial charge in [-0.1, -0.05) is 6.92 Å². The number of aromatic amines is 1. The van der Waals surface area contributed by atoms with E-state index in [0.717, 1.165) is 5.69 Å². The van der Waals surface area contributed by atoms with E-state index in [1.807, 2.05) is 6.92 Å². The lowest BCUT2D eigenvalue weighted by Crippen LogP contribution is -2.38. The first-order valence-electron chi connectivity index (χ1n) is 5.18. The van der Waals surface area contributed by atoms with Gasteiger partial charge < -0.3 is 16.2 Å². The van der Waals surface area contributed by atoms with Crippen molar-refractivity contribution in [1.82, 2.24) is 15.5 Å². The summed E-state index contributed by atoms with van der Waals surface area (Å²) in [6.45, 7) is 5.29. The number of carbonyl (C=O) groups is 1. The zero-order valence-electron chi connectivity index (χ0n) is 9.79. The molecule has 16 heavy (non-hydrogen) atoms. The molecule has 0 atom stereocenters. The largest absolute Gasteiger partial charge is 0.395 e. The van der Waals surface area contributed by atoms with Gasteiger partial charge in [0, 0.05) is 6.54 Å². The molecule has 0 bridgehead atoms. The number of nitrogen functional groups attached to an aromatic ring is 1. The number of hydrogen-bond acceptors (Lipinski definition) is 4. The Bertz CT molecular complexity index is 379. The Morgan fingerprint density at radius 2 is 2.25 bits per heavy atom. The van der Waals surface area contributed by atoms with Crippen molar-refractivity contribution in [3.63, 3.8) is 0 Å². The van der Waals surface area contributed by atoms with Crippen LogP contribution < -0.4 is 11.1 Å². The van der Waals surface area contributed by atoms with Crippen molar-refractivity contribution < 1.29 is 9.90 Å². The molecule has 0 radical (unpaired) electrons. The van der Waals surface area contributed by atoms with E-state index in [0.29, 0.717) is 12.1 Å². The average Bonchev–Trinajstić information content (AvgIpc) is 2.55. The van der Waals surface area contributed by atoms with E-state index in [-0.39, 0.29) is 18.1 Å². The maximum absolute atomic E-state index is 11.7. The van der Waals surface area contributed by atoms with Crippen molar-refractivity contribution in [2.45, 2.75) is 32.8 Å². The molecule has 0 aliphatic heterocycles. The molecule has 1 aromatic heterocycles. The van der Waals surface area contributed by atoms with Crippen LogP contribution in [0.3, 0.4) is 0 Å². The van der Waals surface area contributed by atoms with Crippen molar-refractivity contribution in [2.24, 2.45) is 0 Å². The topological polar surface area (TPSA) is 104 Å². The van der Waals surface area contributed by atoms with E-state index in [4.69, 9.17) is 5.73 Å². The molecule has 1 aromatic rings. The van der Waals surface area contributed by atoms with Crippen LogP contribution in [0.4, 0.5) is 5.69 Å². The minimum atomic E-state index is -0.950. The van der Waals surface area contributed by atoms with Crippen molar-refractivity contribution in [3.05, 3.63) is 11.4 Å². The molecule has 90 valence electrons. The molecular weight excluding hydrogens is 208 g/mol. The van der Waals surface area contributed by atoms with E-state index in [2.05, 4.69) is 15.5 Å². The van der Waals surface area contributed by atoms with E-state index < -0.39 is 5.60 Å². The van der Waals surface area contributed by atoms with E-state index in [1.54, 1.807) is 13.8 Å². The van der Waals surface area contributed by atoms with E-state index >= 15 is 0 Å². The van der Waals surface area contributed by atoms with Gasteiger partial charge in [-0.25, -0.2) is 0 Å². The summed E-state index contributed by atoms with van der Waals surface area (Å²) in [5.74, 6) is -0.379. The van der Waals surface area contributed by atoms with Gasteiger partial charge in [0.25, 0.3) is 5.91 Å². The second-order valence-electron chi connectivity index (χ2n) is 4.31. The van der Waals surface area contributed by atoms with Gasteiger partial charge in [-0.15, -0.1) is 0 Å². The Labute approximate surface area is 94.2 Å². The number of aromatic nitrogens is 2. The van der Waals surface area contributed by atoms with Crippen molar-refractivity contribution in [3.8, 4) is 0 Å². The van der Waals surface area contributed by atoms with Crippen LogP contribution >= 0.6 is 0 Å². The highest BCUT2D eigenvalue weighted by molar-refractivity contribution is 5.97. The molecule has 0 saturated heterocycles. The Morgan fingerprint density at radius 1 is 1.62 bits per heavy atom. The van der Waals surface area contributed by atoms with Crippen LogP contribution in [0.15, 0.2) is 0 Å². The van der Waals surface area contributed by atoms with Gasteiger partial charge in [-0.3, -0.25) is 9.89 Å². The number of rotatable bonds is 4. The summed E-state index contributed by atoms with van der Waals surface area (Å²) < 4.78 is 0. The molecule has 0 fully saturated rings. The zero-order chi connectivity index (χ0) is 12.3. The minimum Gasteiger partial charge on any atom is -0.395 e. The molecular formula is C10H18N4O2. The fraction of sp³-hybridized carbons (Fsp3) is 0.600. The molecule has 0 aliphatic carbocycles. The molecule has 1 rings (SSSR count). The molecule has 1 amide bonds. The fourth-order valence-electron chi connectivity index (χ4n) is 1.21. The summed E-state index contributed by atoms with van der Waals surface area (Å²) >= 11 is 0. The molecule has 6 heteroatoms. The van der Waals surface area contributed by atoms with E-state index in [9.17, 15) is 9.90 Å². The number of H-pyrrole nitrogens is 1. The number of aliphatic hydroxyl groups is 1. The number of nitrogens with two attached hydrogens (primary N) is 1. The Hall–Kier alpha value is -1.56. The summed E-state index contributed by atoms with van der Waals surface area (Å²) in [6, 6.07) is 0. The number of hydrogen-bond donors (Lipinski definition) is 4. The van der Waals surface area contributed by atoms with Gasteiger partial charge in [-0.2, -0.15) is 5.10 Å². The highest BCUT2D eigenvalue weighted by Crippen LogP contribution is 2.14. The van der Waals surface area contributed by atoms with Gasteiger partial charge >= 0.3 is 0 Å². The highest BCUT2D eigenvalue weighted by atomic mass is 16.3. The first kappa shape index (κ1) is 12.5. The maximum atomic E-state index is 11.7. The Morgan fingerprint density at radius 3 is 2.69 bits per heavy atom. The summed E-state index contributed by atoms with van der Waals surface area (Å²) in [6.07, 6.45) is 0.692. The monoisotopic (exact) mass is 226 g/mol. The van der Waals surface area contributed by atoms with Crippen molar-refractivity contribution in [2.75, 3.05) is 12.3 Å². The predicted molar refractivity (Wildman–Crippen MR) is 61.0 cm³/mol. The molecule has 1 heterocycles. The number of carbonyl (C=O) groups excluding carboxylic acids is 1. The molecule has 0 spiro atoms. The molecule has 0 aliphatic rings. The fourth-order valence-corrected chi connectivity index (χ4v) is 1.21. The summed E-state index contributed by atoms with van der Waals surface area (Å²) in [5.41, 5.74) is 6.08. The van der Waals surface area contributed by atoms with Gasteiger partial charge in [0.15, 0.2) is 5.69 Å². The van der Waals surface area contributed by atoms with Crippen LogP contribution in [0.2, 0.25) is 0 Å². The zero-order valence-corrected chi connectivity index (χ0v) is 9.79. The lowest BCUT2D eigenvalue weighted by Gasteiger charge is -2.17. The SMILES string of the molecule is CCc1[nH]nc(C(=O)NCC(C)(C)O)c1N. The minimum absolute atomic E-state index is 0.152. The molecule has 0 aromatic carbocycles. The van der Waals surface area contributed by atoms with Crippen LogP contribution in [-0.2, 0) is 6.42 Å². The third-order valence-corrected chi connectivity index (χ3v) is 2.13. The Kier molecular flexibility index (Phi) is 3.54. The average molecular weight is 226 g/mol. The number of nitrogens with zero attached hydrogens (tertiary/aromatic N) is 1. The second-order valence-corrected chi connectivity index (χ2v) is 4.31. The van der Waals surface area contributed by atoms with Gasteiger partial charge in [0.05, 0.1) is 17.0 Å². The van der Waals surface area contributed by atoms with Crippen molar-refractivity contribution in [1.29, 1.82) is 0 Å². The first-order valence-corrected chi connectivity index (χ1v) is 5.18. The smallest absolute Gasteiger partial charge is 0.274 e. The van der Waals surface area contributed by atoms with Crippen LogP contribution in [0.25, 0.3) is 0 Å². The number of aryl methyl sites for hydroxylation is 1. The molecule has 5 N–H and O–H groups in total. The van der Waals surface area contributed by atoms with Gasteiger partial charge in [0.1, 0.15) is 0 Å². The normalized spacial score (nSPS) is 11.5. The van der Waals surface area contributed by atoms with Crippen LogP contribution in [0, 0.1) is 0 Å². The van der Waals surface area contributed by atoms with Crippen LogP contribution in [0.1, 0.15) is 37.0 Å². The third kappa shape index (κ3) is 2.96. The lowest BCUT2D eigenvalue weighted by molar-refractivity contribution is 0.0692. The third-order valence-electron chi connectivity index (χ3n) is 2.13.